The maximum absolute atomic E-state index is 5.32. The fourth-order valence-corrected chi connectivity index (χ4v) is 9.85. The molecule has 0 unspecified atom stereocenters. The molecule has 1 aliphatic rings. The number of rotatable bonds is 6. The summed E-state index contributed by atoms with van der Waals surface area (Å²) < 4.78 is 4.42. The van der Waals surface area contributed by atoms with E-state index in [1.165, 1.54) is 38.6 Å². The first kappa shape index (κ1) is 39.9. The molecule has 6 nitrogen and oxygen atoms in total. The Bertz CT molecular complexity index is 3160. The molecule has 0 atom stereocenters. The Labute approximate surface area is 371 Å². The summed E-state index contributed by atoms with van der Waals surface area (Å²) in [5, 5.41) is 7.70. The predicted octanol–water partition coefficient (Wildman–Crippen LogP) is 15.3. The molecule has 0 spiro atoms. The zero-order valence-electron chi connectivity index (χ0n) is 37.8. The Morgan fingerprint density at radius 3 is 1.78 bits per heavy atom. The average Bonchev–Trinajstić information content (AvgIpc) is 3.69. The van der Waals surface area contributed by atoms with Gasteiger partial charge in [-0.3, -0.25) is 4.57 Å². The summed E-state index contributed by atoms with van der Waals surface area (Å²) in [6, 6.07) is 52.6. The number of anilines is 6. The van der Waals surface area contributed by atoms with Gasteiger partial charge in [-0.25, -0.2) is 9.67 Å². The van der Waals surface area contributed by atoms with Crippen LogP contribution < -0.4 is 9.80 Å². The topological polar surface area (TPSA) is 42.1 Å². The summed E-state index contributed by atoms with van der Waals surface area (Å²) in [6.45, 7) is 20.6. The van der Waals surface area contributed by atoms with Gasteiger partial charge in [0.05, 0.1) is 45.2 Å². The minimum absolute atomic E-state index is 0.0802. The Kier molecular flexibility index (Phi) is 9.52. The van der Waals surface area contributed by atoms with E-state index in [0.29, 0.717) is 0 Å². The third-order valence-corrected chi connectivity index (χ3v) is 12.7. The smallest absolute Gasteiger partial charge is 0.137 e. The Morgan fingerprint density at radius 1 is 0.524 bits per heavy atom. The number of hydrogen-bond acceptors (Lipinski definition) is 4. The Hall–Kier alpha value is -7.18. The van der Waals surface area contributed by atoms with Gasteiger partial charge in [0.15, 0.2) is 0 Å². The number of aromatic nitrogens is 4. The van der Waals surface area contributed by atoms with E-state index in [1.807, 2.05) is 12.3 Å². The predicted molar refractivity (Wildman–Crippen MR) is 266 cm³/mol. The van der Waals surface area contributed by atoms with Crippen molar-refractivity contribution in [2.24, 2.45) is 0 Å². The normalized spacial score (nSPS) is 12.7. The maximum Gasteiger partial charge on any atom is 0.137 e. The average molecular weight is 823 g/mol. The molecule has 0 bridgehead atoms. The molecule has 3 aromatic heterocycles. The van der Waals surface area contributed by atoms with E-state index >= 15 is 0 Å². The van der Waals surface area contributed by atoms with Gasteiger partial charge in [0.25, 0.3) is 0 Å². The molecule has 0 aliphatic carbocycles. The van der Waals surface area contributed by atoms with Crippen molar-refractivity contribution in [1.29, 1.82) is 0 Å². The van der Waals surface area contributed by atoms with Crippen molar-refractivity contribution in [1.82, 2.24) is 19.3 Å². The van der Waals surface area contributed by atoms with Gasteiger partial charge in [0.1, 0.15) is 5.82 Å². The quantitative estimate of drug-likeness (QED) is 0.168. The lowest BCUT2D eigenvalue weighted by Crippen LogP contribution is -2.21. The van der Waals surface area contributed by atoms with Gasteiger partial charge in [-0.1, -0.05) is 126 Å². The number of fused-ring (bicyclic) bond motifs is 5. The van der Waals surface area contributed by atoms with E-state index in [9.17, 15) is 0 Å². The van der Waals surface area contributed by atoms with Crippen molar-refractivity contribution in [3.63, 3.8) is 0 Å². The standard InChI is InChI=1S/C57H54N6/c1-37-48(56(4,5)6)34-45(35-49(37)57(7,8)9)60(43-30-31-47-46-23-12-15-26-52(46)61(53(47)36-43)54-27-16-17-32-58-54)42-21-18-22-44(33-42)63-39(3)55(38(2)59-63)62-50-24-13-10-19-40(50)28-29-41-20-11-14-25-51(41)62/h10-36H,1-9H3. The van der Waals surface area contributed by atoms with E-state index in [-0.39, 0.29) is 10.8 Å². The molecule has 0 amide bonds. The number of nitrogens with zero attached hydrogens (tertiary/aromatic N) is 6. The van der Waals surface area contributed by atoms with Gasteiger partial charge in [0, 0.05) is 34.0 Å². The summed E-state index contributed by atoms with van der Waals surface area (Å²) in [5.41, 5.74) is 18.0. The lowest BCUT2D eigenvalue weighted by atomic mass is 9.76. The fraction of sp³-hybridized carbons (Fsp3) is 0.193. The highest BCUT2D eigenvalue weighted by atomic mass is 15.3. The van der Waals surface area contributed by atoms with E-state index in [1.54, 1.807) is 0 Å². The molecule has 4 heterocycles. The summed E-state index contributed by atoms with van der Waals surface area (Å²) in [7, 11) is 0. The van der Waals surface area contributed by atoms with E-state index < -0.39 is 0 Å². The SMILES string of the molecule is Cc1nn(-c2cccc(N(c3cc(C(C)(C)C)c(C)c(C(C)(C)C)c3)c3ccc4c5ccccc5n(-c5ccccn5)c4c3)c2)c(C)c1N1c2ccccc2C=Cc2ccccc21. The fourth-order valence-electron chi connectivity index (χ4n) is 9.85. The van der Waals surface area contributed by atoms with E-state index in [4.69, 9.17) is 10.1 Å². The summed E-state index contributed by atoms with van der Waals surface area (Å²) >= 11 is 0. The lowest BCUT2D eigenvalue weighted by Gasteiger charge is -2.33. The third-order valence-electron chi connectivity index (χ3n) is 12.7. The molecule has 6 aromatic carbocycles. The first-order valence-electron chi connectivity index (χ1n) is 22.0. The Balaban J connectivity index is 1.20. The molecule has 0 fully saturated rings. The number of hydrogen-bond donors (Lipinski definition) is 0. The van der Waals surface area contributed by atoms with Gasteiger partial charge < -0.3 is 9.80 Å². The highest BCUT2D eigenvalue weighted by Crippen LogP contribution is 2.47. The Morgan fingerprint density at radius 2 is 1.13 bits per heavy atom. The van der Waals surface area contributed by atoms with Gasteiger partial charge in [-0.05, 0) is 132 Å². The number of pyridine rings is 1. The van der Waals surface area contributed by atoms with Crippen molar-refractivity contribution in [2.45, 2.75) is 73.1 Å². The minimum Gasteiger partial charge on any atom is -0.310 e. The molecule has 9 aromatic rings. The van der Waals surface area contributed by atoms with E-state index in [2.05, 4.69) is 233 Å². The maximum atomic E-state index is 5.32. The second kappa shape index (κ2) is 15.0. The molecule has 10 rings (SSSR count). The molecule has 63 heavy (non-hydrogen) atoms. The van der Waals surface area contributed by atoms with Gasteiger partial charge in [-0.15, -0.1) is 0 Å². The number of para-hydroxylation sites is 3. The van der Waals surface area contributed by atoms with Crippen molar-refractivity contribution in [3.05, 3.63) is 191 Å². The van der Waals surface area contributed by atoms with Crippen LogP contribution in [0.5, 0.6) is 0 Å². The number of benzene rings is 6. The monoisotopic (exact) mass is 822 g/mol. The molecular weight excluding hydrogens is 769 g/mol. The number of aryl methyl sites for hydroxylation is 1. The zero-order chi connectivity index (χ0) is 43.8. The minimum atomic E-state index is -0.0802. The van der Waals surface area contributed by atoms with Crippen LogP contribution in [0.4, 0.5) is 34.1 Å². The van der Waals surface area contributed by atoms with Crippen molar-refractivity contribution in [3.8, 4) is 11.5 Å². The molecule has 312 valence electrons. The van der Waals surface area contributed by atoms with Gasteiger partial charge in [-0.2, -0.15) is 5.10 Å². The molecule has 0 radical (unpaired) electrons. The third kappa shape index (κ3) is 6.81. The summed E-state index contributed by atoms with van der Waals surface area (Å²) in [6.07, 6.45) is 6.31. The second-order valence-corrected chi connectivity index (χ2v) is 19.0. The highest BCUT2D eigenvalue weighted by molar-refractivity contribution is 6.10. The van der Waals surface area contributed by atoms with Crippen LogP contribution in [-0.4, -0.2) is 19.3 Å². The van der Waals surface area contributed by atoms with Crippen LogP contribution in [-0.2, 0) is 10.8 Å². The van der Waals surface area contributed by atoms with Crippen LogP contribution in [0, 0.1) is 20.8 Å². The zero-order valence-corrected chi connectivity index (χ0v) is 37.8. The van der Waals surface area contributed by atoms with E-state index in [0.717, 1.165) is 68.1 Å². The van der Waals surface area contributed by atoms with Crippen molar-refractivity contribution in [2.75, 3.05) is 9.80 Å². The van der Waals surface area contributed by atoms with Crippen LogP contribution >= 0.6 is 0 Å². The van der Waals surface area contributed by atoms with Crippen LogP contribution in [0.2, 0.25) is 0 Å². The first-order valence-corrected chi connectivity index (χ1v) is 22.0. The molecule has 6 heteroatoms. The van der Waals surface area contributed by atoms with Crippen LogP contribution in [0.3, 0.4) is 0 Å². The van der Waals surface area contributed by atoms with Crippen molar-refractivity contribution >= 4 is 68.1 Å². The molecule has 0 saturated heterocycles. The lowest BCUT2D eigenvalue weighted by molar-refractivity contribution is 0.561. The summed E-state index contributed by atoms with van der Waals surface area (Å²) in [4.78, 5) is 9.68. The molecule has 1 aliphatic heterocycles. The first-order chi connectivity index (χ1) is 30.3. The van der Waals surface area contributed by atoms with Crippen LogP contribution in [0.1, 0.15) is 80.7 Å². The van der Waals surface area contributed by atoms with Crippen molar-refractivity contribution < 1.29 is 0 Å². The van der Waals surface area contributed by atoms with Gasteiger partial charge in [0.2, 0.25) is 0 Å². The van der Waals surface area contributed by atoms with Crippen LogP contribution in [0.25, 0.3) is 45.5 Å². The molecular formula is C57H54N6. The van der Waals surface area contributed by atoms with Crippen LogP contribution in [0.15, 0.2) is 152 Å². The molecule has 0 saturated carbocycles. The van der Waals surface area contributed by atoms with Gasteiger partial charge >= 0.3 is 0 Å². The summed E-state index contributed by atoms with van der Waals surface area (Å²) in [5.74, 6) is 0.889. The second-order valence-electron chi connectivity index (χ2n) is 19.0. The highest BCUT2D eigenvalue weighted by Gasteiger charge is 2.29. The molecule has 0 N–H and O–H groups in total. The largest absolute Gasteiger partial charge is 0.310 e.